The molecule has 0 heterocycles. The molecule has 0 saturated heterocycles. The molecule has 0 atom stereocenters. The van der Waals surface area contributed by atoms with Crippen molar-refractivity contribution in [2.75, 3.05) is 7.11 Å². The van der Waals surface area contributed by atoms with Crippen molar-refractivity contribution >= 4 is 17.6 Å². The first-order valence-electron chi connectivity index (χ1n) is 4.72. The zero-order chi connectivity index (χ0) is 12.1. The standard InChI is InChI=1S/C11H12ClFO3/c1-16-6-8-5-9(12)4-7(11(8)13)2-3-10(14)15/h4-5H,2-3,6H2,1H3,(H,14,15). The molecule has 0 amide bonds. The molecule has 1 rings (SSSR count). The average molecular weight is 247 g/mol. The van der Waals surface area contributed by atoms with Crippen molar-refractivity contribution in [2.45, 2.75) is 19.4 Å². The minimum atomic E-state index is -0.965. The van der Waals surface area contributed by atoms with Crippen LogP contribution in [0.4, 0.5) is 4.39 Å². The maximum absolute atomic E-state index is 13.8. The van der Waals surface area contributed by atoms with Crippen LogP contribution in [0.1, 0.15) is 17.5 Å². The van der Waals surface area contributed by atoms with Crippen molar-refractivity contribution in [3.8, 4) is 0 Å². The van der Waals surface area contributed by atoms with Gasteiger partial charge in [-0.2, -0.15) is 0 Å². The number of carboxylic acids is 1. The van der Waals surface area contributed by atoms with Gasteiger partial charge in [0.1, 0.15) is 5.82 Å². The fourth-order valence-electron chi connectivity index (χ4n) is 1.39. The number of carbonyl (C=O) groups is 1. The number of hydrogen-bond donors (Lipinski definition) is 1. The number of rotatable bonds is 5. The Kier molecular flexibility index (Phi) is 4.71. The second-order valence-electron chi connectivity index (χ2n) is 3.36. The monoisotopic (exact) mass is 246 g/mol. The summed E-state index contributed by atoms with van der Waals surface area (Å²) in [5.41, 5.74) is 0.650. The Morgan fingerprint density at radius 2 is 2.12 bits per heavy atom. The second-order valence-corrected chi connectivity index (χ2v) is 3.80. The number of hydrogen-bond acceptors (Lipinski definition) is 2. The van der Waals surface area contributed by atoms with Crippen LogP contribution in [0.15, 0.2) is 12.1 Å². The third-order valence-electron chi connectivity index (χ3n) is 2.10. The van der Waals surface area contributed by atoms with Gasteiger partial charge in [0.05, 0.1) is 6.61 Å². The molecule has 0 unspecified atom stereocenters. The molecule has 0 spiro atoms. The van der Waals surface area contributed by atoms with Crippen LogP contribution in [0, 0.1) is 5.82 Å². The van der Waals surface area contributed by atoms with Crippen LogP contribution in [0.3, 0.4) is 0 Å². The van der Waals surface area contributed by atoms with Gasteiger partial charge in [-0.05, 0) is 24.1 Å². The fraction of sp³-hybridized carbons (Fsp3) is 0.364. The van der Waals surface area contributed by atoms with E-state index in [9.17, 15) is 9.18 Å². The van der Waals surface area contributed by atoms with Gasteiger partial charge in [0, 0.05) is 24.1 Å². The highest BCUT2D eigenvalue weighted by molar-refractivity contribution is 6.30. The van der Waals surface area contributed by atoms with E-state index < -0.39 is 11.8 Å². The molecule has 3 nitrogen and oxygen atoms in total. The number of ether oxygens (including phenoxy) is 1. The van der Waals surface area contributed by atoms with E-state index in [2.05, 4.69) is 0 Å². The van der Waals surface area contributed by atoms with Gasteiger partial charge < -0.3 is 9.84 Å². The van der Waals surface area contributed by atoms with Gasteiger partial charge in [-0.15, -0.1) is 0 Å². The van der Waals surface area contributed by atoms with Gasteiger partial charge >= 0.3 is 5.97 Å². The third-order valence-corrected chi connectivity index (χ3v) is 2.31. The summed E-state index contributed by atoms with van der Waals surface area (Å²) in [5.74, 6) is -1.40. The average Bonchev–Trinajstić information content (AvgIpc) is 2.21. The summed E-state index contributed by atoms with van der Waals surface area (Å²) in [5, 5.41) is 8.91. The molecule has 5 heteroatoms. The molecule has 0 bridgehead atoms. The molecule has 1 N–H and O–H groups in total. The van der Waals surface area contributed by atoms with E-state index in [0.29, 0.717) is 16.1 Å². The molecule has 1 aromatic rings. The summed E-state index contributed by atoms with van der Waals surface area (Å²) in [4.78, 5) is 10.4. The van der Waals surface area contributed by atoms with E-state index in [-0.39, 0.29) is 19.4 Å². The molecular formula is C11H12ClFO3. The SMILES string of the molecule is COCc1cc(Cl)cc(CCC(=O)O)c1F. The van der Waals surface area contributed by atoms with Crippen molar-refractivity contribution in [1.82, 2.24) is 0 Å². The van der Waals surface area contributed by atoms with Crippen LogP contribution in [0.5, 0.6) is 0 Å². The smallest absolute Gasteiger partial charge is 0.303 e. The van der Waals surface area contributed by atoms with E-state index in [1.807, 2.05) is 0 Å². The Bertz CT molecular complexity index is 393. The van der Waals surface area contributed by atoms with Gasteiger partial charge in [0.15, 0.2) is 0 Å². The first kappa shape index (κ1) is 12.9. The van der Waals surface area contributed by atoms with Gasteiger partial charge in [-0.1, -0.05) is 11.6 Å². The van der Waals surface area contributed by atoms with Crippen molar-refractivity contribution < 1.29 is 19.0 Å². The molecule has 88 valence electrons. The van der Waals surface area contributed by atoms with Crippen LogP contribution in [0.25, 0.3) is 0 Å². The largest absolute Gasteiger partial charge is 0.481 e. The van der Waals surface area contributed by atoms with Crippen molar-refractivity contribution in [2.24, 2.45) is 0 Å². The highest BCUT2D eigenvalue weighted by atomic mass is 35.5. The second kappa shape index (κ2) is 5.82. The van der Waals surface area contributed by atoms with Gasteiger partial charge in [0.25, 0.3) is 0 Å². The van der Waals surface area contributed by atoms with Crippen LogP contribution < -0.4 is 0 Å². The summed E-state index contributed by atoms with van der Waals surface area (Å²) in [6, 6.07) is 2.92. The lowest BCUT2D eigenvalue weighted by molar-refractivity contribution is -0.136. The third kappa shape index (κ3) is 3.47. The quantitative estimate of drug-likeness (QED) is 0.869. The minimum absolute atomic E-state index is 0.118. The summed E-state index contributed by atoms with van der Waals surface area (Å²) in [7, 11) is 1.46. The van der Waals surface area contributed by atoms with Crippen LogP contribution in [-0.4, -0.2) is 18.2 Å². The van der Waals surface area contributed by atoms with E-state index in [1.54, 1.807) is 0 Å². The normalized spacial score (nSPS) is 10.4. The molecule has 0 saturated carbocycles. The summed E-state index contributed by atoms with van der Waals surface area (Å²) >= 11 is 5.80. The highest BCUT2D eigenvalue weighted by Crippen LogP contribution is 2.21. The topological polar surface area (TPSA) is 46.5 Å². The molecule has 1 aromatic carbocycles. The maximum atomic E-state index is 13.8. The van der Waals surface area contributed by atoms with E-state index >= 15 is 0 Å². The lowest BCUT2D eigenvalue weighted by Crippen LogP contribution is -2.02. The Morgan fingerprint density at radius 1 is 1.50 bits per heavy atom. The predicted octanol–water partition coefficient (Wildman–Crippen LogP) is 2.64. The highest BCUT2D eigenvalue weighted by Gasteiger charge is 2.11. The fourth-order valence-corrected chi connectivity index (χ4v) is 1.65. The molecule has 0 aromatic heterocycles. The Balaban J connectivity index is 2.94. The first-order valence-corrected chi connectivity index (χ1v) is 5.10. The number of aryl methyl sites for hydroxylation is 1. The number of aliphatic carboxylic acids is 1. The predicted molar refractivity (Wildman–Crippen MR) is 58.1 cm³/mol. The van der Waals surface area contributed by atoms with Crippen molar-refractivity contribution in [1.29, 1.82) is 0 Å². The maximum Gasteiger partial charge on any atom is 0.303 e. The molecule has 0 aliphatic carbocycles. The van der Waals surface area contributed by atoms with E-state index in [4.69, 9.17) is 21.4 Å². The molecular weight excluding hydrogens is 235 g/mol. The van der Waals surface area contributed by atoms with Crippen molar-refractivity contribution in [3.05, 3.63) is 34.1 Å². The Hall–Kier alpha value is -1.13. The zero-order valence-corrected chi connectivity index (χ0v) is 9.55. The first-order chi connectivity index (χ1) is 7.54. The van der Waals surface area contributed by atoms with Crippen LogP contribution in [-0.2, 0) is 22.6 Å². The van der Waals surface area contributed by atoms with Gasteiger partial charge in [0.2, 0.25) is 0 Å². The summed E-state index contributed by atoms with van der Waals surface area (Å²) in [6.07, 6.45) is 0.00211. The van der Waals surface area contributed by atoms with E-state index in [1.165, 1.54) is 19.2 Å². The summed E-state index contributed by atoms with van der Waals surface area (Å²) in [6.45, 7) is 0.118. The van der Waals surface area contributed by atoms with Gasteiger partial charge in [-0.25, -0.2) is 4.39 Å². The number of carboxylic acid groups (broad SMARTS) is 1. The lowest BCUT2D eigenvalue weighted by atomic mass is 10.1. The number of benzene rings is 1. The van der Waals surface area contributed by atoms with Gasteiger partial charge in [-0.3, -0.25) is 4.79 Å². The Labute approximate surface area is 97.8 Å². The van der Waals surface area contributed by atoms with E-state index in [0.717, 1.165) is 0 Å². The number of halogens is 2. The van der Waals surface area contributed by atoms with Crippen LogP contribution >= 0.6 is 11.6 Å². The minimum Gasteiger partial charge on any atom is -0.481 e. The van der Waals surface area contributed by atoms with Crippen LogP contribution in [0.2, 0.25) is 5.02 Å². The van der Waals surface area contributed by atoms with Crippen molar-refractivity contribution in [3.63, 3.8) is 0 Å². The Morgan fingerprint density at radius 3 is 2.69 bits per heavy atom. The molecule has 16 heavy (non-hydrogen) atoms. The molecule has 0 fully saturated rings. The number of methoxy groups -OCH3 is 1. The lowest BCUT2D eigenvalue weighted by Gasteiger charge is -2.08. The zero-order valence-electron chi connectivity index (χ0n) is 8.80. The summed E-state index contributed by atoms with van der Waals surface area (Å²) < 4.78 is 18.6. The molecule has 0 aliphatic heterocycles. The molecule has 0 radical (unpaired) electrons. The molecule has 0 aliphatic rings.